The Morgan fingerprint density at radius 2 is 2.12 bits per heavy atom. The number of carbonyl (C=O) groups excluding carboxylic acids is 1. The van der Waals surface area contributed by atoms with Crippen LogP contribution in [0.15, 0.2) is 24.3 Å². The number of carbonyl (C=O) groups is 1. The van der Waals surface area contributed by atoms with Crippen LogP contribution in [0.25, 0.3) is 0 Å². The lowest BCUT2D eigenvalue weighted by Gasteiger charge is -2.18. The third kappa shape index (κ3) is 4.72. The molecular formula is C18H28N2O3S. The largest absolute Gasteiger partial charge is 0.352 e. The Morgan fingerprint density at radius 3 is 2.75 bits per heavy atom. The molecule has 1 heterocycles. The number of amides is 1. The van der Waals surface area contributed by atoms with Crippen molar-refractivity contribution >= 4 is 21.6 Å². The van der Waals surface area contributed by atoms with E-state index >= 15 is 0 Å². The van der Waals surface area contributed by atoms with Crippen LogP contribution in [0.4, 0.5) is 5.69 Å². The molecule has 24 heavy (non-hydrogen) atoms. The molecule has 0 aromatic heterocycles. The van der Waals surface area contributed by atoms with Crippen LogP contribution in [0.2, 0.25) is 0 Å². The number of rotatable bonds is 8. The predicted molar refractivity (Wildman–Crippen MR) is 97.8 cm³/mol. The van der Waals surface area contributed by atoms with Crippen LogP contribution in [-0.4, -0.2) is 33.2 Å². The van der Waals surface area contributed by atoms with Crippen molar-refractivity contribution in [1.29, 1.82) is 0 Å². The van der Waals surface area contributed by atoms with Gasteiger partial charge in [-0.2, -0.15) is 0 Å². The fourth-order valence-electron chi connectivity index (χ4n) is 3.01. The molecule has 1 fully saturated rings. The highest BCUT2D eigenvalue weighted by Gasteiger charge is 2.28. The summed E-state index contributed by atoms with van der Waals surface area (Å²) >= 11 is 0. The zero-order chi connectivity index (χ0) is 17.6. The van der Waals surface area contributed by atoms with E-state index in [0.717, 1.165) is 19.3 Å². The quantitative estimate of drug-likeness (QED) is 0.781. The molecule has 1 aliphatic rings. The first-order valence-corrected chi connectivity index (χ1v) is 10.5. The fourth-order valence-corrected chi connectivity index (χ4v) is 4.57. The maximum atomic E-state index is 12.4. The fraction of sp³-hybridized carbons (Fsp3) is 0.611. The molecule has 1 aliphatic heterocycles. The number of benzene rings is 1. The van der Waals surface area contributed by atoms with E-state index in [9.17, 15) is 13.2 Å². The summed E-state index contributed by atoms with van der Waals surface area (Å²) in [5.41, 5.74) is 1.10. The number of sulfonamides is 1. The summed E-state index contributed by atoms with van der Waals surface area (Å²) in [6.45, 7) is 5.47. The van der Waals surface area contributed by atoms with Gasteiger partial charge in [0.05, 0.1) is 11.4 Å². The molecule has 0 spiro atoms. The first-order valence-electron chi connectivity index (χ1n) is 8.86. The molecule has 1 N–H and O–H groups in total. The van der Waals surface area contributed by atoms with Crippen molar-refractivity contribution in [2.75, 3.05) is 23.1 Å². The van der Waals surface area contributed by atoms with E-state index in [4.69, 9.17) is 0 Å². The first-order chi connectivity index (χ1) is 11.5. The highest BCUT2D eigenvalue weighted by Crippen LogP contribution is 2.24. The molecule has 0 saturated carbocycles. The summed E-state index contributed by atoms with van der Waals surface area (Å²) < 4.78 is 25.4. The second-order valence-electron chi connectivity index (χ2n) is 6.42. The van der Waals surface area contributed by atoms with E-state index in [0.29, 0.717) is 36.7 Å². The van der Waals surface area contributed by atoms with E-state index in [1.54, 1.807) is 24.3 Å². The van der Waals surface area contributed by atoms with Gasteiger partial charge in [0.2, 0.25) is 10.0 Å². The highest BCUT2D eigenvalue weighted by atomic mass is 32.2. The summed E-state index contributed by atoms with van der Waals surface area (Å²) in [7, 11) is -3.22. The molecule has 5 nitrogen and oxygen atoms in total. The minimum absolute atomic E-state index is 0.136. The molecular weight excluding hydrogens is 324 g/mol. The van der Waals surface area contributed by atoms with Crippen LogP contribution in [0.3, 0.4) is 0 Å². The molecule has 1 amide bonds. The van der Waals surface area contributed by atoms with E-state index in [-0.39, 0.29) is 11.7 Å². The van der Waals surface area contributed by atoms with Gasteiger partial charge in [-0.3, -0.25) is 9.10 Å². The van der Waals surface area contributed by atoms with Gasteiger partial charge >= 0.3 is 0 Å². The summed E-state index contributed by atoms with van der Waals surface area (Å²) in [5.74, 6) is 0.540. The number of nitrogens with one attached hydrogen (secondary N) is 1. The Hall–Kier alpha value is -1.56. The standard InChI is InChI=1S/C18H28N2O3S/c1-3-5-8-15(4-2)14-19-18(21)16-9-6-10-17(13-16)20-11-7-12-24(20,22)23/h6,9-10,13,15H,3-5,7-8,11-12,14H2,1-2H3,(H,19,21). The minimum Gasteiger partial charge on any atom is -0.352 e. The molecule has 1 aromatic carbocycles. The number of hydrogen-bond acceptors (Lipinski definition) is 3. The second-order valence-corrected chi connectivity index (χ2v) is 8.43. The van der Waals surface area contributed by atoms with E-state index in [1.807, 2.05) is 0 Å². The summed E-state index contributed by atoms with van der Waals surface area (Å²) in [5, 5.41) is 2.99. The third-order valence-electron chi connectivity index (χ3n) is 4.59. The zero-order valence-electron chi connectivity index (χ0n) is 14.6. The summed E-state index contributed by atoms with van der Waals surface area (Å²) in [4.78, 5) is 12.4. The highest BCUT2D eigenvalue weighted by molar-refractivity contribution is 7.93. The van der Waals surface area contributed by atoms with Crippen LogP contribution in [0, 0.1) is 5.92 Å². The van der Waals surface area contributed by atoms with Crippen molar-refractivity contribution in [1.82, 2.24) is 5.32 Å². The molecule has 2 rings (SSSR count). The Morgan fingerprint density at radius 1 is 1.33 bits per heavy atom. The molecule has 1 saturated heterocycles. The maximum Gasteiger partial charge on any atom is 0.251 e. The number of unbranched alkanes of at least 4 members (excludes halogenated alkanes) is 1. The van der Waals surface area contributed by atoms with Crippen LogP contribution in [0.5, 0.6) is 0 Å². The SMILES string of the molecule is CCCCC(CC)CNC(=O)c1cccc(N2CCCS2(=O)=O)c1. The predicted octanol–water partition coefficient (Wildman–Crippen LogP) is 3.17. The summed E-state index contributed by atoms with van der Waals surface area (Å²) in [6.07, 6.45) is 5.15. The zero-order valence-corrected chi connectivity index (χ0v) is 15.4. The van der Waals surface area contributed by atoms with Crippen molar-refractivity contribution in [3.63, 3.8) is 0 Å². The van der Waals surface area contributed by atoms with Gasteiger partial charge in [-0.15, -0.1) is 0 Å². The third-order valence-corrected chi connectivity index (χ3v) is 6.46. The average Bonchev–Trinajstić information content (AvgIpc) is 2.94. The van der Waals surface area contributed by atoms with Crippen molar-refractivity contribution in [2.24, 2.45) is 5.92 Å². The molecule has 1 atom stereocenters. The Labute approximate surface area is 145 Å². The monoisotopic (exact) mass is 352 g/mol. The van der Waals surface area contributed by atoms with Gasteiger partial charge in [0.1, 0.15) is 0 Å². The number of anilines is 1. The number of hydrogen-bond donors (Lipinski definition) is 1. The maximum absolute atomic E-state index is 12.4. The normalized spacial score (nSPS) is 17.7. The number of nitrogens with zero attached hydrogens (tertiary/aromatic N) is 1. The van der Waals surface area contributed by atoms with Gasteiger partial charge in [-0.05, 0) is 37.0 Å². The van der Waals surface area contributed by atoms with E-state index < -0.39 is 10.0 Å². The van der Waals surface area contributed by atoms with Crippen LogP contribution < -0.4 is 9.62 Å². The van der Waals surface area contributed by atoms with Crippen molar-refractivity contribution in [3.05, 3.63) is 29.8 Å². The lowest BCUT2D eigenvalue weighted by atomic mass is 9.99. The Kier molecular flexibility index (Phi) is 6.66. The van der Waals surface area contributed by atoms with Gasteiger partial charge in [0.15, 0.2) is 0 Å². The van der Waals surface area contributed by atoms with Crippen LogP contribution in [-0.2, 0) is 10.0 Å². The first kappa shape index (κ1) is 18.8. The Balaban J connectivity index is 2.01. The second kappa shape index (κ2) is 8.51. The molecule has 6 heteroatoms. The smallest absolute Gasteiger partial charge is 0.251 e. The molecule has 0 radical (unpaired) electrons. The van der Waals surface area contributed by atoms with Gasteiger partial charge in [-0.1, -0.05) is 39.2 Å². The van der Waals surface area contributed by atoms with Crippen LogP contribution in [0.1, 0.15) is 56.3 Å². The molecule has 0 bridgehead atoms. The van der Waals surface area contributed by atoms with Gasteiger partial charge in [-0.25, -0.2) is 8.42 Å². The van der Waals surface area contributed by atoms with Gasteiger partial charge in [0, 0.05) is 18.7 Å². The lowest BCUT2D eigenvalue weighted by Crippen LogP contribution is -2.30. The summed E-state index contributed by atoms with van der Waals surface area (Å²) in [6, 6.07) is 6.89. The minimum atomic E-state index is -3.22. The van der Waals surface area contributed by atoms with Crippen LogP contribution >= 0.6 is 0 Å². The van der Waals surface area contributed by atoms with E-state index in [2.05, 4.69) is 19.2 Å². The molecule has 1 unspecified atom stereocenters. The average molecular weight is 353 g/mol. The van der Waals surface area contributed by atoms with Crippen molar-refractivity contribution in [3.8, 4) is 0 Å². The molecule has 1 aromatic rings. The lowest BCUT2D eigenvalue weighted by molar-refractivity contribution is 0.0946. The van der Waals surface area contributed by atoms with Crippen molar-refractivity contribution < 1.29 is 13.2 Å². The Bertz CT molecular complexity index is 658. The topological polar surface area (TPSA) is 66.5 Å². The molecule has 0 aliphatic carbocycles. The van der Waals surface area contributed by atoms with Gasteiger partial charge < -0.3 is 5.32 Å². The van der Waals surface area contributed by atoms with E-state index in [1.165, 1.54) is 10.7 Å². The van der Waals surface area contributed by atoms with Crippen molar-refractivity contribution in [2.45, 2.75) is 46.0 Å². The van der Waals surface area contributed by atoms with Gasteiger partial charge in [0.25, 0.3) is 5.91 Å². The molecule has 134 valence electrons.